The number of H-pyrrole nitrogens is 1. The first-order valence-corrected chi connectivity index (χ1v) is 8.45. The Morgan fingerprint density at radius 2 is 2.00 bits per heavy atom. The number of aliphatic imine (C=N–C) groups is 2. The maximum absolute atomic E-state index is 14.4. The molecule has 2 N–H and O–H groups in total. The molecule has 0 bridgehead atoms. The van der Waals surface area contributed by atoms with Crippen LogP contribution in [0.3, 0.4) is 0 Å². The lowest BCUT2D eigenvalue weighted by atomic mass is 10.1. The molecule has 8 nitrogen and oxygen atoms in total. The molecule has 13 heteroatoms. The van der Waals surface area contributed by atoms with E-state index < -0.39 is 23.6 Å². The molecule has 1 aliphatic rings. The van der Waals surface area contributed by atoms with Gasteiger partial charge in [0.1, 0.15) is 6.33 Å². The summed E-state index contributed by atoms with van der Waals surface area (Å²) in [4.78, 5) is 11.0. The van der Waals surface area contributed by atoms with Gasteiger partial charge >= 0.3 is 12.2 Å². The van der Waals surface area contributed by atoms with Gasteiger partial charge in [0.05, 0.1) is 28.8 Å². The molecule has 0 spiro atoms. The number of guanidine groups is 1. The van der Waals surface area contributed by atoms with Gasteiger partial charge in [-0.1, -0.05) is 0 Å². The summed E-state index contributed by atoms with van der Waals surface area (Å²) in [6.07, 6.45) is -1.41. The van der Waals surface area contributed by atoms with Crippen LogP contribution in [0.2, 0.25) is 0 Å². The fourth-order valence-electron chi connectivity index (χ4n) is 2.50. The van der Waals surface area contributed by atoms with E-state index in [0.717, 1.165) is 19.4 Å². The van der Waals surface area contributed by atoms with Crippen molar-refractivity contribution >= 4 is 18.4 Å². The van der Waals surface area contributed by atoms with Gasteiger partial charge < -0.3 is 5.32 Å². The van der Waals surface area contributed by atoms with Crippen LogP contribution < -0.4 is 5.32 Å². The van der Waals surface area contributed by atoms with Crippen LogP contribution in [0.4, 0.5) is 27.6 Å². The third-order valence-corrected chi connectivity index (χ3v) is 4.27. The number of aromatic nitrogens is 5. The number of hydrogen-bond donors (Lipinski definition) is 2. The second-order valence-corrected chi connectivity index (χ2v) is 6.44. The van der Waals surface area contributed by atoms with Crippen LogP contribution in [-0.2, 0) is 6.05 Å². The minimum Gasteiger partial charge on any atom is -0.321 e. The maximum atomic E-state index is 14.4. The highest BCUT2D eigenvalue weighted by Gasteiger charge is 2.40. The van der Waals surface area contributed by atoms with E-state index in [-0.39, 0.29) is 29.0 Å². The molecule has 3 rings (SSSR count). The molecule has 0 saturated heterocycles. The Hall–Kier alpha value is -3.12. The Morgan fingerprint density at radius 3 is 2.52 bits per heavy atom. The Kier molecular flexibility index (Phi) is 5.24. The number of alkyl halides is 5. The Labute approximate surface area is 161 Å². The molecule has 2 aromatic heterocycles. The molecule has 0 radical (unpaired) electrons. The number of aromatic amines is 1. The number of nitrogens with zero attached hydrogens (tertiary/aromatic N) is 6. The normalized spacial score (nSPS) is 16.6. The van der Waals surface area contributed by atoms with Crippen molar-refractivity contribution in [1.29, 1.82) is 0 Å². The molecule has 29 heavy (non-hydrogen) atoms. The van der Waals surface area contributed by atoms with Crippen molar-refractivity contribution in [3.05, 3.63) is 35.3 Å². The molecule has 0 aliphatic heterocycles. The molecule has 1 aliphatic carbocycles. The average molecular weight is 416 g/mol. The smallest absolute Gasteiger partial charge is 0.321 e. The molecular formula is C16H17F5N8. The van der Waals surface area contributed by atoms with Crippen LogP contribution in [0.5, 0.6) is 0 Å². The van der Waals surface area contributed by atoms with Crippen LogP contribution in [0.25, 0.3) is 0 Å². The number of anilines is 1. The zero-order valence-electron chi connectivity index (χ0n) is 15.4. The fraction of sp³-hybridized carbons (Fsp3) is 0.438. The summed E-state index contributed by atoms with van der Waals surface area (Å²) < 4.78 is 68.5. The first kappa shape index (κ1) is 20.6. The molecule has 2 heterocycles. The summed E-state index contributed by atoms with van der Waals surface area (Å²) in [5, 5.41) is 11.9. The molecular weight excluding hydrogens is 399 g/mol. The highest BCUT2D eigenvalue weighted by atomic mass is 19.4. The second kappa shape index (κ2) is 7.37. The first-order valence-electron chi connectivity index (χ1n) is 8.45. The summed E-state index contributed by atoms with van der Waals surface area (Å²) in [5.74, 6) is -1.37. The van der Waals surface area contributed by atoms with Gasteiger partial charge in [-0.3, -0.25) is 5.10 Å². The standard InChI is InChI=1S/C16H17F5N8/c1-8(15(17,18)19)12(10-4-5-10)26-14(22-3)25-11-6-29(28-9(11)2)16(20,21)13-23-7-24-27-13/h6-7,10H,3-5H2,1-2H3,(H,25,26)(H,23,24,27)/b12-8+. The predicted molar refractivity (Wildman–Crippen MR) is 94.7 cm³/mol. The van der Waals surface area contributed by atoms with Gasteiger partial charge in [0.2, 0.25) is 11.8 Å². The molecule has 0 amide bonds. The van der Waals surface area contributed by atoms with E-state index in [1.165, 1.54) is 6.92 Å². The number of allylic oxidation sites excluding steroid dienone is 2. The molecule has 0 atom stereocenters. The van der Waals surface area contributed by atoms with Crippen LogP contribution in [0.15, 0.2) is 33.8 Å². The molecule has 1 saturated carbocycles. The van der Waals surface area contributed by atoms with E-state index in [1.807, 2.05) is 0 Å². The first-order chi connectivity index (χ1) is 13.5. The number of rotatable bonds is 5. The van der Waals surface area contributed by atoms with Gasteiger partial charge in [0, 0.05) is 5.92 Å². The van der Waals surface area contributed by atoms with E-state index in [9.17, 15) is 22.0 Å². The van der Waals surface area contributed by atoms with Crippen molar-refractivity contribution in [2.24, 2.45) is 15.9 Å². The zero-order valence-corrected chi connectivity index (χ0v) is 15.4. The zero-order chi connectivity index (χ0) is 21.4. The topological polar surface area (TPSA) is 96.1 Å². The fourth-order valence-corrected chi connectivity index (χ4v) is 2.50. The van der Waals surface area contributed by atoms with Gasteiger partial charge in [-0.15, -0.1) is 0 Å². The summed E-state index contributed by atoms with van der Waals surface area (Å²) in [7, 11) is 0. The van der Waals surface area contributed by atoms with Crippen molar-refractivity contribution < 1.29 is 22.0 Å². The third kappa shape index (κ3) is 4.32. The highest BCUT2D eigenvalue weighted by molar-refractivity contribution is 5.97. The van der Waals surface area contributed by atoms with Crippen molar-refractivity contribution in [2.45, 2.75) is 38.9 Å². The monoisotopic (exact) mass is 416 g/mol. The van der Waals surface area contributed by atoms with Crippen molar-refractivity contribution in [1.82, 2.24) is 25.0 Å². The quantitative estimate of drug-likeness (QED) is 0.442. The summed E-state index contributed by atoms with van der Waals surface area (Å²) in [5.41, 5.74) is -0.762. The summed E-state index contributed by atoms with van der Waals surface area (Å²) in [6, 6.07) is -3.64. The van der Waals surface area contributed by atoms with Crippen LogP contribution >= 0.6 is 0 Å². The van der Waals surface area contributed by atoms with Gasteiger partial charge in [0.25, 0.3) is 0 Å². The van der Waals surface area contributed by atoms with E-state index in [1.54, 1.807) is 0 Å². The number of nitrogens with one attached hydrogen (secondary N) is 2. The van der Waals surface area contributed by atoms with Crippen LogP contribution in [-0.4, -0.2) is 43.8 Å². The van der Waals surface area contributed by atoms with E-state index in [2.05, 4.69) is 42.3 Å². The van der Waals surface area contributed by atoms with Crippen molar-refractivity contribution in [2.75, 3.05) is 5.32 Å². The number of halogens is 5. The molecule has 156 valence electrons. The average Bonchev–Trinajstić information content (AvgIpc) is 3.18. The lowest BCUT2D eigenvalue weighted by molar-refractivity contribution is -0.0924. The molecule has 0 aromatic carbocycles. The lowest BCUT2D eigenvalue weighted by Gasteiger charge is -2.13. The minimum atomic E-state index is -4.53. The minimum absolute atomic E-state index is 0.0752. The Morgan fingerprint density at radius 1 is 1.31 bits per heavy atom. The third-order valence-electron chi connectivity index (χ3n) is 4.27. The van der Waals surface area contributed by atoms with Gasteiger partial charge in [-0.05, 0) is 33.4 Å². The van der Waals surface area contributed by atoms with Gasteiger partial charge in [-0.25, -0.2) is 15.0 Å². The lowest BCUT2D eigenvalue weighted by Crippen LogP contribution is -2.26. The highest BCUT2D eigenvalue weighted by Crippen LogP contribution is 2.42. The van der Waals surface area contributed by atoms with Crippen LogP contribution in [0, 0.1) is 12.8 Å². The predicted octanol–water partition coefficient (Wildman–Crippen LogP) is 3.62. The van der Waals surface area contributed by atoms with Gasteiger partial charge in [-0.2, -0.15) is 36.8 Å². The number of aryl methyl sites for hydroxylation is 1. The number of hydrogen-bond acceptors (Lipinski definition) is 4. The van der Waals surface area contributed by atoms with E-state index >= 15 is 0 Å². The Bertz CT molecular complexity index is 951. The van der Waals surface area contributed by atoms with Crippen molar-refractivity contribution in [3.8, 4) is 0 Å². The van der Waals surface area contributed by atoms with Gasteiger partial charge in [0.15, 0.2) is 0 Å². The molecule has 2 aromatic rings. The summed E-state index contributed by atoms with van der Waals surface area (Å²) in [6.45, 7) is 5.67. The van der Waals surface area contributed by atoms with E-state index in [4.69, 9.17) is 0 Å². The SMILES string of the molecule is C=N/C(=N\C(=C(/C)C(F)(F)F)C1CC1)Nc1cn(C(F)(F)c2nc[nH]n2)nc1C. The van der Waals surface area contributed by atoms with E-state index in [0.29, 0.717) is 17.5 Å². The van der Waals surface area contributed by atoms with Crippen molar-refractivity contribution in [3.63, 3.8) is 0 Å². The summed E-state index contributed by atoms with van der Waals surface area (Å²) >= 11 is 0. The maximum Gasteiger partial charge on any atom is 0.414 e. The molecule has 1 fully saturated rings. The second-order valence-electron chi connectivity index (χ2n) is 6.44. The largest absolute Gasteiger partial charge is 0.414 e. The Balaban J connectivity index is 1.91. The molecule has 0 unspecified atom stereocenters. The van der Waals surface area contributed by atoms with Crippen LogP contribution in [0.1, 0.15) is 31.3 Å².